The van der Waals surface area contributed by atoms with Gasteiger partial charge in [0.15, 0.2) is 6.10 Å². The lowest BCUT2D eigenvalue weighted by Gasteiger charge is -2.43. The lowest BCUT2D eigenvalue weighted by molar-refractivity contribution is -0.787. The van der Waals surface area contributed by atoms with Crippen molar-refractivity contribution in [3.63, 3.8) is 0 Å². The molecule has 1 atom stereocenters. The average Bonchev–Trinajstić information content (AvgIpc) is 3.08. The number of ether oxygens (including phenoxy) is 1. The van der Waals surface area contributed by atoms with Gasteiger partial charge in [-0.2, -0.15) is 0 Å². The van der Waals surface area contributed by atoms with Crippen LogP contribution in [0.5, 0.6) is 5.75 Å². The van der Waals surface area contributed by atoms with E-state index in [1.807, 2.05) is 19.1 Å². The van der Waals surface area contributed by atoms with Gasteiger partial charge in [-0.1, -0.05) is 0 Å². The Kier molecular flexibility index (Phi) is 5.41. The van der Waals surface area contributed by atoms with E-state index in [1.165, 1.54) is 0 Å². The second-order valence-corrected chi connectivity index (χ2v) is 10.8. The summed E-state index contributed by atoms with van der Waals surface area (Å²) in [5.41, 5.74) is 3.15. The summed E-state index contributed by atoms with van der Waals surface area (Å²) in [6.45, 7) is 12.6. The van der Waals surface area contributed by atoms with Crippen LogP contribution in [0.25, 0.3) is 11.0 Å². The predicted octanol–water partition coefficient (Wildman–Crippen LogP) is 2.76. The molecule has 3 N–H and O–H groups in total. The molecule has 1 aromatic heterocycles. The van der Waals surface area contributed by atoms with Crippen molar-refractivity contribution in [2.24, 2.45) is 0 Å². The van der Waals surface area contributed by atoms with Crippen molar-refractivity contribution >= 4 is 16.9 Å². The van der Waals surface area contributed by atoms with Crippen LogP contribution in [0.3, 0.4) is 0 Å². The summed E-state index contributed by atoms with van der Waals surface area (Å²) in [5, 5.41) is 6.46. The summed E-state index contributed by atoms with van der Waals surface area (Å²) in [5.74, 6) is 0.513. The molecule has 6 nitrogen and oxygen atoms in total. The number of hydrogen-bond acceptors (Lipinski definition) is 4. The van der Waals surface area contributed by atoms with Crippen LogP contribution in [-0.4, -0.2) is 29.1 Å². The van der Waals surface area contributed by atoms with Gasteiger partial charge in [0.25, 0.3) is 5.91 Å². The molecule has 4 rings (SSSR count). The van der Waals surface area contributed by atoms with Gasteiger partial charge >= 0.3 is 5.63 Å². The average molecular weight is 428 g/mol. The predicted molar refractivity (Wildman–Crippen MR) is 121 cm³/mol. The van der Waals surface area contributed by atoms with Crippen molar-refractivity contribution in [1.29, 1.82) is 0 Å². The molecule has 1 aromatic carbocycles. The number of amides is 1. The molecular weight excluding hydrogens is 392 g/mol. The first-order chi connectivity index (χ1) is 14.4. The van der Waals surface area contributed by atoms with Gasteiger partial charge in [0.1, 0.15) is 11.3 Å². The zero-order valence-electron chi connectivity index (χ0n) is 19.6. The molecule has 2 heterocycles. The van der Waals surface area contributed by atoms with E-state index in [4.69, 9.17) is 9.15 Å². The molecule has 1 fully saturated rings. The minimum absolute atomic E-state index is 0.0780. The zero-order chi connectivity index (χ0) is 22.6. The van der Waals surface area contributed by atoms with E-state index in [9.17, 15) is 9.59 Å². The lowest BCUT2D eigenvalue weighted by atomic mass is 9.79. The number of hydrogen-bond donors (Lipinski definition) is 2. The van der Waals surface area contributed by atoms with E-state index >= 15 is 0 Å². The Labute approximate surface area is 183 Å². The summed E-state index contributed by atoms with van der Waals surface area (Å²) < 4.78 is 11.8. The molecule has 0 unspecified atom stereocenters. The number of aryl methyl sites for hydroxylation is 2. The van der Waals surface area contributed by atoms with Gasteiger partial charge in [0.2, 0.25) is 0 Å². The molecule has 2 aromatic rings. The van der Waals surface area contributed by atoms with Gasteiger partial charge in [-0.25, -0.2) is 4.79 Å². The van der Waals surface area contributed by atoms with Gasteiger partial charge < -0.3 is 19.8 Å². The number of nitrogens with one attached hydrogen (secondary N) is 1. The molecule has 31 heavy (non-hydrogen) atoms. The maximum Gasteiger partial charge on any atom is 0.339 e. The van der Waals surface area contributed by atoms with Crippen LogP contribution < -0.4 is 21.0 Å². The van der Waals surface area contributed by atoms with Crippen molar-refractivity contribution < 1.29 is 19.3 Å². The van der Waals surface area contributed by atoms with E-state index in [0.717, 1.165) is 54.2 Å². The third kappa shape index (κ3) is 4.49. The van der Waals surface area contributed by atoms with E-state index < -0.39 is 6.10 Å². The van der Waals surface area contributed by atoms with Crippen molar-refractivity contribution in [2.45, 2.75) is 96.9 Å². The van der Waals surface area contributed by atoms with Crippen LogP contribution in [0.1, 0.15) is 70.6 Å². The second kappa shape index (κ2) is 7.66. The molecule has 0 radical (unpaired) electrons. The van der Waals surface area contributed by atoms with E-state index in [1.54, 1.807) is 6.92 Å². The molecule has 0 bridgehead atoms. The number of benzene rings is 1. The smallest absolute Gasteiger partial charge is 0.339 e. The number of carbonyl (C=O) groups excluding carboxylic acids is 1. The van der Waals surface area contributed by atoms with Crippen LogP contribution in [0.15, 0.2) is 21.3 Å². The Morgan fingerprint density at radius 1 is 1.16 bits per heavy atom. The summed E-state index contributed by atoms with van der Waals surface area (Å²) in [4.78, 5) is 25.4. The number of nitrogens with two attached hydrogens (primary N) is 1. The Hall–Kier alpha value is -2.34. The van der Waals surface area contributed by atoms with Crippen LogP contribution in [-0.2, 0) is 17.6 Å². The molecule has 1 amide bonds. The first-order valence-corrected chi connectivity index (χ1v) is 11.4. The Morgan fingerprint density at radius 2 is 1.81 bits per heavy atom. The van der Waals surface area contributed by atoms with Crippen molar-refractivity contribution in [1.82, 2.24) is 5.32 Å². The molecule has 6 heteroatoms. The number of fused-ring (bicyclic) bond motifs is 3. The number of piperidine rings is 1. The molecule has 168 valence electrons. The lowest BCUT2D eigenvalue weighted by Crippen LogP contribution is -3.06. The highest BCUT2D eigenvalue weighted by molar-refractivity contribution is 5.89. The number of quaternary nitrogens is 1. The fraction of sp³-hybridized carbons (Fsp3) is 0.600. The number of carbonyl (C=O) groups is 1. The molecule has 0 spiro atoms. The normalized spacial score (nSPS) is 21.0. The fourth-order valence-electron chi connectivity index (χ4n) is 5.78. The number of rotatable bonds is 4. The van der Waals surface area contributed by atoms with Gasteiger partial charge in [-0.15, -0.1) is 0 Å². The molecule has 1 aliphatic heterocycles. The van der Waals surface area contributed by atoms with Crippen LogP contribution in [0, 0.1) is 6.92 Å². The van der Waals surface area contributed by atoms with Gasteiger partial charge in [-0.3, -0.25) is 4.79 Å². The summed E-state index contributed by atoms with van der Waals surface area (Å²) in [6.07, 6.45) is 3.70. The molecular formula is C25H35N2O4+. The minimum atomic E-state index is -0.647. The Balaban J connectivity index is 1.57. The van der Waals surface area contributed by atoms with Crippen molar-refractivity contribution in [3.05, 3.63) is 39.2 Å². The molecule has 1 saturated heterocycles. The SMILES string of the molecule is Cc1cc(O[C@@H](C)C(=O)NC2CC(C)(C)[NH2+]C(C)(C)C2)c2c3c(c(=O)oc2c1)CCC3. The van der Waals surface area contributed by atoms with Gasteiger partial charge in [-0.05, 0) is 84.1 Å². The van der Waals surface area contributed by atoms with Crippen molar-refractivity contribution in [3.8, 4) is 5.75 Å². The van der Waals surface area contributed by atoms with Gasteiger partial charge in [0.05, 0.1) is 16.5 Å². The summed E-state index contributed by atoms with van der Waals surface area (Å²) in [6, 6.07) is 3.92. The Bertz CT molecular complexity index is 1070. The molecule has 2 aliphatic rings. The van der Waals surface area contributed by atoms with Crippen LogP contribution in [0.2, 0.25) is 0 Å². The first-order valence-electron chi connectivity index (χ1n) is 11.4. The third-order valence-corrected chi connectivity index (χ3v) is 6.52. The Morgan fingerprint density at radius 3 is 2.48 bits per heavy atom. The molecule has 0 saturated carbocycles. The maximum atomic E-state index is 13.0. The van der Waals surface area contributed by atoms with Crippen LogP contribution in [0.4, 0.5) is 0 Å². The van der Waals surface area contributed by atoms with E-state index in [0.29, 0.717) is 11.3 Å². The highest BCUT2D eigenvalue weighted by Crippen LogP contribution is 2.35. The molecule has 1 aliphatic carbocycles. The summed E-state index contributed by atoms with van der Waals surface area (Å²) in [7, 11) is 0. The van der Waals surface area contributed by atoms with E-state index in [-0.39, 0.29) is 28.7 Å². The standard InChI is InChI=1S/C25H34N2O4/c1-14-10-19(21-17-8-7-9-18(17)23(29)31-20(21)11-14)30-15(2)22(28)26-16-12-24(3,4)27-25(5,6)13-16/h10-11,15-16,27H,7-9,12-13H2,1-6H3,(H,26,28)/p+1/t15-/m0/s1. The largest absolute Gasteiger partial charge is 0.480 e. The van der Waals surface area contributed by atoms with Crippen molar-refractivity contribution in [2.75, 3.05) is 0 Å². The maximum absolute atomic E-state index is 13.0. The van der Waals surface area contributed by atoms with E-state index in [2.05, 4.69) is 38.3 Å². The second-order valence-electron chi connectivity index (χ2n) is 10.8. The third-order valence-electron chi connectivity index (χ3n) is 6.52. The monoisotopic (exact) mass is 427 g/mol. The summed E-state index contributed by atoms with van der Waals surface area (Å²) >= 11 is 0. The fourth-order valence-corrected chi connectivity index (χ4v) is 5.78. The quantitative estimate of drug-likeness (QED) is 0.735. The topological polar surface area (TPSA) is 85.1 Å². The first kappa shape index (κ1) is 21.9. The zero-order valence-corrected chi connectivity index (χ0v) is 19.6. The van der Waals surface area contributed by atoms with Gasteiger partial charge in [0, 0.05) is 24.4 Å². The van der Waals surface area contributed by atoms with Crippen LogP contribution >= 0.6 is 0 Å². The highest BCUT2D eigenvalue weighted by Gasteiger charge is 2.42. The highest BCUT2D eigenvalue weighted by atomic mass is 16.5. The minimum Gasteiger partial charge on any atom is -0.480 e.